The molecule has 1 unspecified atom stereocenters. The summed E-state index contributed by atoms with van der Waals surface area (Å²) in [5.41, 5.74) is 3.10. The lowest BCUT2D eigenvalue weighted by Gasteiger charge is -2.28. The highest BCUT2D eigenvalue weighted by molar-refractivity contribution is 5.96. The summed E-state index contributed by atoms with van der Waals surface area (Å²) in [5.74, 6) is 1.41. The van der Waals surface area contributed by atoms with Crippen LogP contribution in [0.2, 0.25) is 0 Å². The summed E-state index contributed by atoms with van der Waals surface area (Å²) in [6, 6.07) is 15.2. The van der Waals surface area contributed by atoms with Gasteiger partial charge in [0.15, 0.2) is 0 Å². The van der Waals surface area contributed by atoms with Crippen molar-refractivity contribution in [1.82, 2.24) is 13.7 Å². The van der Waals surface area contributed by atoms with Crippen LogP contribution in [-0.4, -0.2) is 34.5 Å². The molecule has 2 aromatic heterocycles. The van der Waals surface area contributed by atoms with Crippen LogP contribution in [0.1, 0.15) is 17.4 Å². The lowest BCUT2D eigenvalue weighted by atomic mass is 10.0. The summed E-state index contributed by atoms with van der Waals surface area (Å²) in [4.78, 5) is 26.4. The van der Waals surface area contributed by atoms with Crippen molar-refractivity contribution >= 4 is 10.9 Å². The highest BCUT2D eigenvalue weighted by atomic mass is 16.5. The van der Waals surface area contributed by atoms with Crippen LogP contribution in [0.15, 0.2) is 58.1 Å². The molecule has 8 heteroatoms. The molecule has 0 N–H and O–H groups in total. The van der Waals surface area contributed by atoms with Gasteiger partial charge in [0.2, 0.25) is 0 Å². The van der Waals surface area contributed by atoms with Crippen molar-refractivity contribution in [1.29, 1.82) is 0 Å². The predicted octanol–water partition coefficient (Wildman–Crippen LogP) is 2.84. The van der Waals surface area contributed by atoms with E-state index >= 15 is 0 Å². The van der Waals surface area contributed by atoms with E-state index in [2.05, 4.69) is 4.57 Å². The fourth-order valence-corrected chi connectivity index (χ4v) is 4.75. The van der Waals surface area contributed by atoms with Crippen molar-refractivity contribution in [2.75, 3.05) is 20.8 Å². The fourth-order valence-electron chi connectivity index (χ4n) is 4.75. The molecule has 0 aliphatic carbocycles. The van der Waals surface area contributed by atoms with Crippen molar-refractivity contribution in [2.45, 2.75) is 12.6 Å². The molecule has 5 rings (SSSR count). The third-order valence-electron chi connectivity index (χ3n) is 6.34. The zero-order valence-corrected chi connectivity index (χ0v) is 19.0. The first-order valence-corrected chi connectivity index (χ1v) is 10.7. The Labute approximate surface area is 190 Å². The Kier molecular flexibility index (Phi) is 5.09. The summed E-state index contributed by atoms with van der Waals surface area (Å²) in [6.07, 6.45) is -0.498. The second kappa shape index (κ2) is 7.97. The number of aryl methyl sites for hydroxylation is 1. The average molecular weight is 447 g/mol. The van der Waals surface area contributed by atoms with E-state index in [9.17, 15) is 9.59 Å². The Morgan fingerprint density at radius 1 is 0.939 bits per heavy atom. The number of methoxy groups -OCH3 is 2. The molecule has 0 saturated carbocycles. The van der Waals surface area contributed by atoms with Crippen LogP contribution in [0, 0.1) is 0 Å². The predicted molar refractivity (Wildman–Crippen MR) is 125 cm³/mol. The van der Waals surface area contributed by atoms with Crippen molar-refractivity contribution in [2.24, 2.45) is 14.1 Å². The van der Waals surface area contributed by atoms with Crippen LogP contribution in [0.4, 0.5) is 0 Å². The summed E-state index contributed by atoms with van der Waals surface area (Å²) in [5, 5.41) is 0.491. The first-order chi connectivity index (χ1) is 16.0. The average Bonchev–Trinajstić information content (AvgIpc) is 3.21. The maximum Gasteiger partial charge on any atom is 0.331 e. The second-order valence-electron chi connectivity index (χ2n) is 8.04. The Hall–Kier alpha value is -3.78. The van der Waals surface area contributed by atoms with Gasteiger partial charge in [0, 0.05) is 26.2 Å². The maximum absolute atomic E-state index is 13.4. The van der Waals surface area contributed by atoms with E-state index in [-0.39, 0.29) is 11.2 Å². The third-order valence-corrected chi connectivity index (χ3v) is 6.34. The van der Waals surface area contributed by atoms with Crippen LogP contribution >= 0.6 is 0 Å². The van der Waals surface area contributed by atoms with Crippen molar-refractivity contribution in [3.05, 3.63) is 80.6 Å². The van der Waals surface area contributed by atoms with Crippen LogP contribution in [-0.2, 0) is 25.4 Å². The van der Waals surface area contributed by atoms with Gasteiger partial charge >= 0.3 is 5.69 Å². The molecule has 3 heterocycles. The Morgan fingerprint density at radius 2 is 1.67 bits per heavy atom. The monoisotopic (exact) mass is 447 g/mol. The standard InChI is InChI=1S/C25H25N3O5/c1-26-21-19(24(29)27(2)25(26)30)20(15-9-11-16(31-3)12-10-15)28-13-14-33-23(22(21)28)17-7-5-6-8-18(17)32-4/h5-12,23H,13-14H2,1-4H3. The molecule has 2 aromatic carbocycles. The topological polar surface area (TPSA) is 76.6 Å². The number of para-hydroxylation sites is 1. The lowest BCUT2D eigenvalue weighted by Crippen LogP contribution is -2.37. The Morgan fingerprint density at radius 3 is 2.36 bits per heavy atom. The van der Waals surface area contributed by atoms with E-state index in [1.165, 1.54) is 11.6 Å². The van der Waals surface area contributed by atoms with Crippen molar-refractivity contribution in [3.8, 4) is 22.8 Å². The van der Waals surface area contributed by atoms with Crippen LogP contribution in [0.5, 0.6) is 11.5 Å². The Bertz CT molecular complexity index is 1480. The van der Waals surface area contributed by atoms with Gasteiger partial charge in [-0.15, -0.1) is 0 Å². The fraction of sp³-hybridized carbons (Fsp3) is 0.280. The highest BCUT2D eigenvalue weighted by Gasteiger charge is 2.34. The molecular formula is C25H25N3O5. The minimum atomic E-state index is -0.498. The number of hydrogen-bond acceptors (Lipinski definition) is 5. The van der Waals surface area contributed by atoms with Gasteiger partial charge in [-0.05, 0) is 35.9 Å². The summed E-state index contributed by atoms with van der Waals surface area (Å²) in [7, 11) is 6.43. The van der Waals surface area contributed by atoms with Gasteiger partial charge in [-0.3, -0.25) is 13.9 Å². The molecule has 0 spiro atoms. The van der Waals surface area contributed by atoms with Gasteiger partial charge < -0.3 is 18.8 Å². The molecular weight excluding hydrogens is 422 g/mol. The maximum atomic E-state index is 13.4. The van der Waals surface area contributed by atoms with Gasteiger partial charge in [-0.25, -0.2) is 4.79 Å². The molecule has 1 atom stereocenters. The van der Waals surface area contributed by atoms with Gasteiger partial charge in [-0.2, -0.15) is 0 Å². The van der Waals surface area contributed by atoms with Crippen LogP contribution < -0.4 is 20.7 Å². The van der Waals surface area contributed by atoms with Gasteiger partial charge in [-0.1, -0.05) is 18.2 Å². The smallest absolute Gasteiger partial charge is 0.331 e. The molecule has 8 nitrogen and oxygen atoms in total. The van der Waals surface area contributed by atoms with Gasteiger partial charge in [0.1, 0.15) is 17.6 Å². The van der Waals surface area contributed by atoms with Crippen molar-refractivity contribution in [3.63, 3.8) is 0 Å². The SMILES string of the molecule is COc1ccc(-c2c3c(=O)n(C)c(=O)n(C)c3c3n2CCOC3c2ccccc2OC)cc1. The lowest BCUT2D eigenvalue weighted by molar-refractivity contribution is 0.0464. The van der Waals surface area contributed by atoms with E-state index in [1.54, 1.807) is 21.3 Å². The molecule has 0 fully saturated rings. The molecule has 0 amide bonds. The quantitative estimate of drug-likeness (QED) is 0.481. The number of hydrogen-bond donors (Lipinski definition) is 0. The molecule has 1 aliphatic rings. The first-order valence-electron chi connectivity index (χ1n) is 10.7. The van der Waals surface area contributed by atoms with Crippen LogP contribution in [0.25, 0.3) is 22.2 Å². The molecule has 33 heavy (non-hydrogen) atoms. The zero-order valence-electron chi connectivity index (χ0n) is 19.0. The normalized spacial score (nSPS) is 15.5. The molecule has 0 radical (unpaired) electrons. The molecule has 170 valence electrons. The summed E-state index contributed by atoms with van der Waals surface area (Å²) < 4.78 is 22.0. The van der Waals surface area contributed by atoms with Gasteiger partial charge in [0.25, 0.3) is 5.56 Å². The van der Waals surface area contributed by atoms with E-state index < -0.39 is 6.10 Å². The number of ether oxygens (including phenoxy) is 3. The van der Waals surface area contributed by atoms with Crippen LogP contribution in [0.3, 0.4) is 0 Å². The Balaban J connectivity index is 1.92. The minimum Gasteiger partial charge on any atom is -0.497 e. The molecule has 4 aromatic rings. The molecule has 0 saturated heterocycles. The largest absolute Gasteiger partial charge is 0.497 e. The number of fused-ring (bicyclic) bond motifs is 3. The number of nitrogens with zero attached hydrogens (tertiary/aromatic N) is 3. The number of benzene rings is 2. The summed E-state index contributed by atoms with van der Waals surface area (Å²) >= 11 is 0. The third kappa shape index (κ3) is 3.09. The number of rotatable bonds is 4. The van der Waals surface area contributed by atoms with E-state index in [4.69, 9.17) is 14.2 Å². The van der Waals surface area contributed by atoms with Gasteiger partial charge in [0.05, 0.1) is 43.1 Å². The summed E-state index contributed by atoms with van der Waals surface area (Å²) in [6.45, 7) is 1.00. The molecule has 0 bridgehead atoms. The second-order valence-corrected chi connectivity index (χ2v) is 8.04. The zero-order chi connectivity index (χ0) is 23.3. The van der Waals surface area contributed by atoms with Crippen molar-refractivity contribution < 1.29 is 14.2 Å². The first kappa shape index (κ1) is 21.1. The van der Waals surface area contributed by atoms with E-state index in [1.807, 2.05) is 48.5 Å². The minimum absolute atomic E-state index is 0.334. The van der Waals surface area contributed by atoms with E-state index in [0.717, 1.165) is 32.8 Å². The van der Waals surface area contributed by atoms with E-state index in [0.29, 0.717) is 29.8 Å². The highest BCUT2D eigenvalue weighted by Crippen LogP contribution is 2.42. The number of aromatic nitrogens is 3. The molecule has 1 aliphatic heterocycles.